The average Bonchev–Trinajstić information content (AvgIpc) is 3.09. The van der Waals surface area contributed by atoms with Crippen molar-refractivity contribution in [1.82, 2.24) is 4.90 Å². The number of hydrogen-bond acceptors (Lipinski definition) is 5. The third-order valence-corrected chi connectivity index (χ3v) is 7.28. The number of carbonyl (C=O) groups is 3. The number of carbonyl (C=O) groups excluding carboxylic acids is 3. The molecule has 1 fully saturated rings. The van der Waals surface area contributed by atoms with Gasteiger partial charge in [-0.1, -0.05) is 57.3 Å². The zero-order valence-corrected chi connectivity index (χ0v) is 22.8. The van der Waals surface area contributed by atoms with Crippen molar-refractivity contribution in [3.05, 3.63) is 96.8 Å². The summed E-state index contributed by atoms with van der Waals surface area (Å²) in [6.45, 7) is 1.75. The minimum Gasteiger partial charge on any atom is -0.483 e. The maximum atomic E-state index is 13.0. The monoisotopic (exact) mass is 604 g/mol. The van der Waals surface area contributed by atoms with E-state index in [1.165, 1.54) is 4.90 Å². The molecule has 6 nitrogen and oxygen atoms in total. The third kappa shape index (κ3) is 6.50. The van der Waals surface area contributed by atoms with Crippen molar-refractivity contribution in [3.8, 4) is 5.75 Å². The number of ether oxygens (including phenoxy) is 1. The summed E-state index contributed by atoms with van der Waals surface area (Å²) in [5.41, 5.74) is 2.75. The summed E-state index contributed by atoms with van der Waals surface area (Å²) in [4.78, 5) is 39.3. The zero-order valence-electron chi connectivity index (χ0n) is 18.9. The highest BCUT2D eigenvalue weighted by molar-refractivity contribution is 9.10. The number of imide groups is 1. The third-order valence-electron chi connectivity index (χ3n) is 5.20. The van der Waals surface area contributed by atoms with Gasteiger partial charge in [-0.3, -0.25) is 19.3 Å². The summed E-state index contributed by atoms with van der Waals surface area (Å²) in [5.74, 6) is -0.449. The highest BCUT2D eigenvalue weighted by atomic mass is 79.9. The molecule has 0 unspecified atom stereocenters. The Morgan fingerprint density at radius 2 is 1.83 bits per heavy atom. The van der Waals surface area contributed by atoms with Gasteiger partial charge >= 0.3 is 0 Å². The lowest BCUT2D eigenvalue weighted by Gasteiger charge is -2.13. The Hall–Kier alpha value is -2.78. The molecule has 3 aromatic rings. The van der Waals surface area contributed by atoms with Gasteiger partial charge in [0.25, 0.3) is 17.1 Å². The minimum absolute atomic E-state index is 0.164. The second-order valence-electron chi connectivity index (χ2n) is 7.88. The van der Waals surface area contributed by atoms with E-state index in [1.807, 2.05) is 31.2 Å². The van der Waals surface area contributed by atoms with Crippen molar-refractivity contribution in [3.63, 3.8) is 0 Å². The quantitative estimate of drug-likeness (QED) is 0.286. The van der Waals surface area contributed by atoms with Crippen LogP contribution in [-0.2, 0) is 16.1 Å². The zero-order chi connectivity index (χ0) is 25.8. The van der Waals surface area contributed by atoms with Gasteiger partial charge in [-0.05, 0) is 78.4 Å². The highest BCUT2D eigenvalue weighted by Gasteiger charge is 2.35. The van der Waals surface area contributed by atoms with E-state index in [2.05, 4.69) is 21.2 Å². The molecular formula is C26H19BrCl2N2O4S. The fourth-order valence-corrected chi connectivity index (χ4v) is 4.78. The van der Waals surface area contributed by atoms with Crippen LogP contribution in [-0.4, -0.2) is 28.6 Å². The van der Waals surface area contributed by atoms with Gasteiger partial charge in [0.2, 0.25) is 0 Å². The number of thioether (sulfide) groups is 1. The first-order valence-corrected chi connectivity index (χ1v) is 13.0. The molecule has 1 saturated heterocycles. The van der Waals surface area contributed by atoms with Gasteiger partial charge < -0.3 is 10.1 Å². The average molecular weight is 606 g/mol. The van der Waals surface area contributed by atoms with Crippen molar-refractivity contribution in [2.24, 2.45) is 0 Å². The summed E-state index contributed by atoms with van der Waals surface area (Å²) in [5, 5.41) is 3.32. The molecule has 1 heterocycles. The van der Waals surface area contributed by atoms with Crippen molar-refractivity contribution < 1.29 is 19.1 Å². The smallest absolute Gasteiger partial charge is 0.293 e. The molecule has 0 spiro atoms. The van der Waals surface area contributed by atoms with E-state index in [4.69, 9.17) is 27.9 Å². The molecule has 0 aromatic heterocycles. The molecule has 3 aromatic carbocycles. The lowest BCUT2D eigenvalue weighted by molar-refractivity contribution is -0.123. The maximum absolute atomic E-state index is 13.0. The van der Waals surface area contributed by atoms with Crippen LogP contribution in [0.4, 0.5) is 10.5 Å². The van der Waals surface area contributed by atoms with Gasteiger partial charge in [0.15, 0.2) is 6.61 Å². The van der Waals surface area contributed by atoms with Gasteiger partial charge in [-0.15, -0.1) is 0 Å². The molecule has 1 N–H and O–H groups in total. The summed E-state index contributed by atoms with van der Waals surface area (Å²) >= 11 is 16.5. The fourth-order valence-electron chi connectivity index (χ4n) is 3.32. The lowest BCUT2D eigenvalue weighted by atomic mass is 10.1. The number of nitrogens with one attached hydrogen (secondary N) is 1. The molecule has 3 amide bonds. The molecule has 36 heavy (non-hydrogen) atoms. The predicted octanol–water partition coefficient (Wildman–Crippen LogP) is 7.32. The Bertz CT molecular complexity index is 1380. The topological polar surface area (TPSA) is 75.7 Å². The van der Waals surface area contributed by atoms with E-state index in [9.17, 15) is 14.4 Å². The van der Waals surface area contributed by atoms with E-state index in [0.717, 1.165) is 27.4 Å². The molecule has 0 radical (unpaired) electrons. The molecule has 1 aliphatic rings. The van der Waals surface area contributed by atoms with Crippen LogP contribution >= 0.6 is 50.9 Å². The van der Waals surface area contributed by atoms with Gasteiger partial charge in [0.1, 0.15) is 5.75 Å². The summed E-state index contributed by atoms with van der Waals surface area (Å²) in [6, 6.07) is 17.4. The van der Waals surface area contributed by atoms with Gasteiger partial charge in [0.05, 0.1) is 11.4 Å². The Morgan fingerprint density at radius 3 is 2.56 bits per heavy atom. The summed E-state index contributed by atoms with van der Waals surface area (Å²) < 4.78 is 6.62. The first-order chi connectivity index (χ1) is 17.2. The van der Waals surface area contributed by atoms with Gasteiger partial charge in [-0.2, -0.15) is 0 Å². The van der Waals surface area contributed by atoms with E-state index in [0.29, 0.717) is 27.0 Å². The number of halogens is 3. The number of amides is 3. The van der Waals surface area contributed by atoms with Crippen LogP contribution in [0.5, 0.6) is 5.75 Å². The second kappa shape index (κ2) is 11.5. The molecule has 1 aliphatic heterocycles. The van der Waals surface area contributed by atoms with E-state index in [-0.39, 0.29) is 29.2 Å². The Balaban J connectivity index is 1.47. The molecule has 0 saturated carbocycles. The number of aryl methyl sites for hydroxylation is 1. The van der Waals surface area contributed by atoms with E-state index >= 15 is 0 Å². The van der Waals surface area contributed by atoms with Crippen LogP contribution in [0.3, 0.4) is 0 Å². The summed E-state index contributed by atoms with van der Waals surface area (Å²) in [7, 11) is 0. The minimum atomic E-state index is -0.409. The van der Waals surface area contributed by atoms with Crippen LogP contribution in [0.1, 0.15) is 16.7 Å². The van der Waals surface area contributed by atoms with Crippen LogP contribution < -0.4 is 10.1 Å². The van der Waals surface area contributed by atoms with Crippen molar-refractivity contribution in [1.29, 1.82) is 0 Å². The fraction of sp³-hybridized carbons (Fsp3) is 0.115. The molecule has 0 atom stereocenters. The first-order valence-electron chi connectivity index (χ1n) is 10.7. The summed E-state index contributed by atoms with van der Waals surface area (Å²) in [6.07, 6.45) is 1.55. The molecule has 0 aliphatic carbocycles. The number of anilines is 1. The molecule has 184 valence electrons. The van der Waals surface area contributed by atoms with Crippen LogP contribution in [0.25, 0.3) is 6.08 Å². The van der Waals surface area contributed by atoms with Crippen LogP contribution in [0, 0.1) is 6.92 Å². The Labute approximate surface area is 230 Å². The highest BCUT2D eigenvalue weighted by Crippen LogP contribution is 2.35. The van der Waals surface area contributed by atoms with E-state index in [1.54, 1.807) is 42.5 Å². The number of benzene rings is 3. The second-order valence-corrected chi connectivity index (χ2v) is 10.6. The Kier molecular flexibility index (Phi) is 8.41. The molecule has 0 bridgehead atoms. The normalized spacial score (nSPS) is 14.4. The molecular weight excluding hydrogens is 587 g/mol. The largest absolute Gasteiger partial charge is 0.483 e. The van der Waals surface area contributed by atoms with Gasteiger partial charge in [0, 0.05) is 25.8 Å². The molecule has 10 heteroatoms. The van der Waals surface area contributed by atoms with Crippen molar-refractivity contribution >= 4 is 79.7 Å². The standard InChI is InChI=1S/C26H19BrCl2N2O4S/c1-15-2-8-20(12-21(15)29)30-24(32)14-35-22-9-7-19(28)10-17(22)11-23-25(33)31(26(34)36-23)13-16-3-5-18(27)6-4-16/h2-12H,13-14H2,1H3,(H,30,32)/b23-11-. The van der Waals surface area contributed by atoms with Crippen LogP contribution in [0.2, 0.25) is 10.0 Å². The first kappa shape index (κ1) is 26.3. The van der Waals surface area contributed by atoms with Crippen LogP contribution in [0.15, 0.2) is 70.0 Å². The van der Waals surface area contributed by atoms with Crippen molar-refractivity contribution in [2.45, 2.75) is 13.5 Å². The maximum Gasteiger partial charge on any atom is 0.293 e. The number of rotatable bonds is 7. The van der Waals surface area contributed by atoms with Gasteiger partial charge in [-0.25, -0.2) is 0 Å². The number of nitrogens with zero attached hydrogens (tertiary/aromatic N) is 1. The van der Waals surface area contributed by atoms with E-state index < -0.39 is 5.91 Å². The Morgan fingerprint density at radius 1 is 1.08 bits per heavy atom. The van der Waals surface area contributed by atoms with Crippen molar-refractivity contribution in [2.75, 3.05) is 11.9 Å². The lowest BCUT2D eigenvalue weighted by Crippen LogP contribution is -2.27. The SMILES string of the molecule is Cc1ccc(NC(=O)COc2ccc(Cl)cc2/C=C2\SC(=O)N(Cc3ccc(Br)cc3)C2=O)cc1Cl. The molecule has 4 rings (SSSR count). The number of hydrogen-bond donors (Lipinski definition) is 1. The predicted molar refractivity (Wildman–Crippen MR) is 147 cm³/mol.